The first kappa shape index (κ1) is 18.8. The lowest BCUT2D eigenvalue weighted by Crippen LogP contribution is -3.00. The number of nitrogens with one attached hydrogen (secondary N) is 1. The maximum Gasteiger partial charge on any atom is 1.00 e. The summed E-state index contributed by atoms with van der Waals surface area (Å²) in [6.07, 6.45) is 3.14. The molecule has 27 heavy (non-hydrogen) atoms. The third-order valence-corrected chi connectivity index (χ3v) is 7.02. The van der Waals surface area contributed by atoms with Crippen molar-refractivity contribution < 1.29 is 28.5 Å². The van der Waals surface area contributed by atoms with E-state index in [0.29, 0.717) is 18.4 Å². The number of aliphatic hydroxyl groups excluding tert-OH is 1. The molecule has 1 aromatic carbocycles. The Kier molecular flexibility index (Phi) is 4.95. The third-order valence-electron chi connectivity index (χ3n) is 7.02. The van der Waals surface area contributed by atoms with Gasteiger partial charge in [-0.3, -0.25) is 9.69 Å². The summed E-state index contributed by atoms with van der Waals surface area (Å²) >= 11 is 0. The second-order valence-corrected chi connectivity index (χ2v) is 8.18. The number of carbonyl (C=O) groups is 1. The molecule has 1 aliphatic carbocycles. The monoisotopic (exact) mass is 390 g/mol. The van der Waals surface area contributed by atoms with Gasteiger partial charge in [-0.15, -0.1) is 0 Å². The molecule has 3 aliphatic rings. The molecule has 2 fully saturated rings. The first-order chi connectivity index (χ1) is 12.7. The van der Waals surface area contributed by atoms with Crippen LogP contribution in [-0.4, -0.2) is 47.3 Å². The minimum atomic E-state index is -0.568. The van der Waals surface area contributed by atoms with Crippen LogP contribution in [0, 0.1) is 17.8 Å². The fourth-order valence-electron chi connectivity index (χ4n) is 5.80. The van der Waals surface area contributed by atoms with E-state index in [1.807, 2.05) is 0 Å². The van der Waals surface area contributed by atoms with Crippen molar-refractivity contribution in [2.24, 2.45) is 17.8 Å². The Labute approximate surface area is 167 Å². The minimum absolute atomic E-state index is 0. The van der Waals surface area contributed by atoms with Crippen LogP contribution in [0.15, 0.2) is 24.3 Å². The zero-order valence-electron chi connectivity index (χ0n) is 16.5. The van der Waals surface area contributed by atoms with E-state index >= 15 is 0 Å². The van der Waals surface area contributed by atoms with E-state index in [1.54, 1.807) is 0 Å². The molecule has 0 amide bonds. The minimum Gasteiger partial charge on any atom is -1.00 e. The number of aromatic amines is 1. The van der Waals surface area contributed by atoms with Crippen LogP contribution in [0.4, 0.5) is 0 Å². The van der Waals surface area contributed by atoms with E-state index < -0.39 is 6.10 Å². The predicted octanol–water partition coefficient (Wildman–Crippen LogP) is -0.236. The van der Waals surface area contributed by atoms with Gasteiger partial charge in [0.1, 0.15) is 0 Å². The molecule has 0 bridgehead atoms. The second-order valence-electron chi connectivity index (χ2n) is 8.18. The number of fused-ring (bicyclic) bond motifs is 6. The van der Waals surface area contributed by atoms with E-state index in [2.05, 4.69) is 34.1 Å². The summed E-state index contributed by atoms with van der Waals surface area (Å²) in [4.78, 5) is 18.6. The summed E-state index contributed by atoms with van der Waals surface area (Å²) in [6, 6.07) is 8.83. The Morgan fingerprint density at radius 1 is 1.33 bits per heavy atom. The zero-order chi connectivity index (χ0) is 17.8. The molecular formula is C21H27ClN2O3. The van der Waals surface area contributed by atoms with Crippen LogP contribution in [-0.2, 0) is 16.0 Å². The fourth-order valence-corrected chi connectivity index (χ4v) is 5.80. The van der Waals surface area contributed by atoms with E-state index in [4.69, 9.17) is 4.74 Å². The van der Waals surface area contributed by atoms with Crippen LogP contribution in [0.3, 0.4) is 0 Å². The van der Waals surface area contributed by atoms with Crippen LogP contribution >= 0.6 is 0 Å². The average molecular weight is 391 g/mol. The Hall–Kier alpha value is -1.56. The van der Waals surface area contributed by atoms with Gasteiger partial charge in [0.15, 0.2) is 0 Å². The Bertz CT molecular complexity index is 857. The standard InChI is InChI=1S/C21H26N2O3.ClH/c1-26-21(25)19-15-10-17-20-14(13-4-2-3-5-16(13)22-20)8-9-23(17)11-12(15)6-7-18(19)24;/h2-5,12,15,17-19,22,24H,6-11H2,1H3;1H/t12-,15-,17-,18-,19-;/m0./s1. The number of hydrogen-bond acceptors (Lipinski definition) is 4. The maximum atomic E-state index is 12.4. The number of aromatic nitrogens is 1. The molecule has 5 atom stereocenters. The summed E-state index contributed by atoms with van der Waals surface area (Å²) in [5, 5.41) is 11.8. The molecule has 0 unspecified atom stereocenters. The summed E-state index contributed by atoms with van der Waals surface area (Å²) in [5.41, 5.74) is 3.96. The molecule has 2 aromatic rings. The first-order valence-electron chi connectivity index (χ1n) is 9.76. The lowest BCUT2D eigenvalue weighted by atomic mass is 9.65. The van der Waals surface area contributed by atoms with Gasteiger partial charge < -0.3 is 27.2 Å². The van der Waals surface area contributed by atoms with Crippen LogP contribution in [0.5, 0.6) is 0 Å². The summed E-state index contributed by atoms with van der Waals surface area (Å²) in [7, 11) is 1.43. The quantitative estimate of drug-likeness (QED) is 0.660. The number of halogens is 1. The van der Waals surface area contributed by atoms with Gasteiger partial charge in [0, 0.05) is 29.7 Å². The number of H-pyrrole nitrogens is 1. The number of methoxy groups -OCH3 is 1. The molecule has 1 aromatic heterocycles. The molecule has 1 saturated heterocycles. The Morgan fingerprint density at radius 2 is 2.15 bits per heavy atom. The largest absolute Gasteiger partial charge is 1.00 e. The molecule has 0 spiro atoms. The number of rotatable bonds is 1. The van der Waals surface area contributed by atoms with Crippen LogP contribution in [0.1, 0.15) is 38.0 Å². The molecule has 1 saturated carbocycles. The molecule has 146 valence electrons. The lowest BCUT2D eigenvalue weighted by molar-refractivity contribution is -0.160. The van der Waals surface area contributed by atoms with Gasteiger partial charge in [-0.1, -0.05) is 18.2 Å². The van der Waals surface area contributed by atoms with Gasteiger partial charge >= 0.3 is 7.40 Å². The van der Waals surface area contributed by atoms with Crippen molar-refractivity contribution in [3.05, 3.63) is 35.5 Å². The normalized spacial score (nSPS) is 32.7. The van der Waals surface area contributed by atoms with E-state index in [9.17, 15) is 9.90 Å². The third kappa shape index (κ3) is 2.87. The highest BCUT2D eigenvalue weighted by Crippen LogP contribution is 2.49. The van der Waals surface area contributed by atoms with Gasteiger partial charge in [0.25, 0.3) is 0 Å². The highest BCUT2D eigenvalue weighted by molar-refractivity contribution is 5.85. The highest BCUT2D eigenvalue weighted by atomic mass is 35.5. The number of benzene rings is 1. The summed E-state index contributed by atoms with van der Waals surface area (Å²) in [6.45, 7) is 2.10. The van der Waals surface area contributed by atoms with Crippen LogP contribution < -0.4 is 12.4 Å². The Balaban J connectivity index is 0.00000112. The summed E-state index contributed by atoms with van der Waals surface area (Å²) in [5.74, 6) is 0.0541. The first-order valence-corrected chi connectivity index (χ1v) is 9.76. The zero-order valence-corrected chi connectivity index (χ0v) is 16.3. The number of ether oxygens (including phenoxy) is 1. The van der Waals surface area contributed by atoms with Gasteiger partial charge in [-0.05, 0) is 49.1 Å². The molecule has 0 radical (unpaired) electrons. The van der Waals surface area contributed by atoms with Crippen LogP contribution in [0.2, 0.25) is 0 Å². The van der Waals surface area contributed by atoms with Crippen molar-refractivity contribution in [3.8, 4) is 0 Å². The summed E-state index contributed by atoms with van der Waals surface area (Å²) < 4.78 is 5.04. The molecular weight excluding hydrogens is 364 g/mol. The molecule has 6 heteroatoms. The van der Waals surface area contributed by atoms with Gasteiger partial charge in [-0.2, -0.15) is 0 Å². The topological polar surface area (TPSA) is 65.6 Å². The predicted molar refractivity (Wildman–Crippen MR) is 99.8 cm³/mol. The molecule has 5 rings (SSSR count). The van der Waals surface area contributed by atoms with Gasteiger partial charge in [0.2, 0.25) is 0 Å². The number of nitrogens with zero attached hydrogens (tertiary/aromatic N) is 1. The molecule has 2 N–H and O–H groups in total. The van der Waals surface area contributed by atoms with E-state index in [-0.39, 0.29) is 31.6 Å². The smallest absolute Gasteiger partial charge is 1.00 e. The number of carbonyl (C=O) groups excluding carboxylic acids is 1. The average Bonchev–Trinajstić information content (AvgIpc) is 3.05. The van der Waals surface area contributed by atoms with Gasteiger partial charge in [-0.25, -0.2) is 0 Å². The molecule has 3 heterocycles. The lowest BCUT2D eigenvalue weighted by Gasteiger charge is -2.50. The number of aliphatic hydroxyl groups is 1. The number of hydrogen-bond donors (Lipinski definition) is 2. The van der Waals surface area contributed by atoms with Gasteiger partial charge in [0.05, 0.1) is 25.2 Å². The van der Waals surface area contributed by atoms with Crippen molar-refractivity contribution >= 4 is 16.9 Å². The second kappa shape index (κ2) is 7.12. The number of para-hydroxylation sites is 1. The SMILES string of the molecule is COC(=O)[C@H]1[C@H]2C[C@H]3c4[nH]c5ccccc5c4CCN3C[C@@H]2CC[C@@H]1O.[Cl-].[H+]. The van der Waals surface area contributed by atoms with Crippen molar-refractivity contribution in [2.45, 2.75) is 37.8 Å². The highest BCUT2D eigenvalue weighted by Gasteiger charge is 2.49. The fraction of sp³-hybridized carbons (Fsp3) is 0.571. The molecule has 2 aliphatic heterocycles. The van der Waals surface area contributed by atoms with Crippen molar-refractivity contribution in [2.75, 3.05) is 20.2 Å². The number of piperidine rings is 1. The number of esters is 1. The van der Waals surface area contributed by atoms with E-state index in [0.717, 1.165) is 32.4 Å². The maximum absolute atomic E-state index is 12.4. The Morgan fingerprint density at radius 3 is 2.96 bits per heavy atom. The van der Waals surface area contributed by atoms with Crippen molar-refractivity contribution in [3.63, 3.8) is 0 Å². The van der Waals surface area contributed by atoms with Crippen molar-refractivity contribution in [1.82, 2.24) is 9.88 Å². The van der Waals surface area contributed by atoms with Crippen LogP contribution in [0.25, 0.3) is 10.9 Å². The molecule has 5 nitrogen and oxygen atoms in total. The van der Waals surface area contributed by atoms with Crippen molar-refractivity contribution in [1.29, 1.82) is 0 Å². The van der Waals surface area contributed by atoms with E-state index in [1.165, 1.54) is 29.3 Å².